The summed E-state index contributed by atoms with van der Waals surface area (Å²) < 4.78 is 0. The highest BCUT2D eigenvalue weighted by Gasteiger charge is 2.26. The minimum Gasteiger partial charge on any atom is -0.311 e. The van der Waals surface area contributed by atoms with Crippen LogP contribution in [-0.2, 0) is 0 Å². The van der Waals surface area contributed by atoms with E-state index in [9.17, 15) is 0 Å². The molecule has 0 bridgehead atoms. The van der Waals surface area contributed by atoms with Crippen LogP contribution in [0.4, 0.5) is 0 Å². The van der Waals surface area contributed by atoms with Gasteiger partial charge in [0.05, 0.1) is 0 Å². The molecule has 82 valence electrons. The summed E-state index contributed by atoms with van der Waals surface area (Å²) in [5.41, 5.74) is 0. The molecule has 1 rings (SSSR count). The van der Waals surface area contributed by atoms with Crippen molar-refractivity contribution in [2.75, 3.05) is 19.6 Å². The van der Waals surface area contributed by atoms with E-state index in [0.29, 0.717) is 12.1 Å². The summed E-state index contributed by atoms with van der Waals surface area (Å²) >= 11 is 0. The van der Waals surface area contributed by atoms with Gasteiger partial charge >= 0.3 is 0 Å². The van der Waals surface area contributed by atoms with Gasteiger partial charge in [0.2, 0.25) is 0 Å². The molecule has 2 unspecified atom stereocenters. The SMILES string of the molecule is C=CCCN1CC(C)NCC1C(C)C. The van der Waals surface area contributed by atoms with E-state index < -0.39 is 0 Å². The van der Waals surface area contributed by atoms with E-state index in [1.165, 1.54) is 13.1 Å². The van der Waals surface area contributed by atoms with E-state index >= 15 is 0 Å². The van der Waals surface area contributed by atoms with Gasteiger partial charge in [-0.25, -0.2) is 0 Å². The molecule has 0 aliphatic carbocycles. The topological polar surface area (TPSA) is 15.3 Å². The quantitative estimate of drug-likeness (QED) is 0.691. The maximum atomic E-state index is 3.79. The van der Waals surface area contributed by atoms with Crippen LogP contribution < -0.4 is 5.32 Å². The molecule has 0 aromatic carbocycles. The van der Waals surface area contributed by atoms with Gasteiger partial charge in [0, 0.05) is 31.7 Å². The number of nitrogens with zero attached hydrogens (tertiary/aromatic N) is 1. The highest BCUT2D eigenvalue weighted by atomic mass is 15.2. The van der Waals surface area contributed by atoms with E-state index in [2.05, 4.69) is 37.6 Å². The smallest absolute Gasteiger partial charge is 0.0244 e. The van der Waals surface area contributed by atoms with Gasteiger partial charge in [0.15, 0.2) is 0 Å². The maximum absolute atomic E-state index is 3.79. The van der Waals surface area contributed by atoms with Crippen LogP contribution >= 0.6 is 0 Å². The summed E-state index contributed by atoms with van der Waals surface area (Å²) in [5.74, 6) is 0.736. The number of rotatable bonds is 4. The first-order chi connectivity index (χ1) is 6.65. The van der Waals surface area contributed by atoms with Crippen LogP contribution in [-0.4, -0.2) is 36.6 Å². The van der Waals surface area contributed by atoms with Gasteiger partial charge in [0.25, 0.3) is 0 Å². The Morgan fingerprint density at radius 3 is 2.86 bits per heavy atom. The zero-order valence-electron chi connectivity index (χ0n) is 9.79. The molecule has 1 heterocycles. The average Bonchev–Trinajstić information content (AvgIpc) is 2.14. The summed E-state index contributed by atoms with van der Waals surface area (Å²) in [6.45, 7) is 14.1. The molecule has 2 atom stereocenters. The van der Waals surface area contributed by atoms with Crippen molar-refractivity contribution in [2.45, 2.75) is 39.3 Å². The van der Waals surface area contributed by atoms with Gasteiger partial charge in [-0.1, -0.05) is 19.9 Å². The fourth-order valence-electron chi connectivity index (χ4n) is 2.17. The van der Waals surface area contributed by atoms with Crippen LogP contribution in [0.2, 0.25) is 0 Å². The molecule has 0 saturated carbocycles. The third-order valence-corrected chi connectivity index (χ3v) is 3.04. The van der Waals surface area contributed by atoms with Gasteiger partial charge in [-0.3, -0.25) is 4.90 Å². The molecular formula is C12H24N2. The molecule has 1 saturated heterocycles. The standard InChI is InChI=1S/C12H24N2/c1-5-6-7-14-9-11(4)13-8-12(14)10(2)3/h5,10-13H,1,6-9H2,2-4H3. The Kier molecular flexibility index (Phi) is 4.63. The molecule has 14 heavy (non-hydrogen) atoms. The Morgan fingerprint density at radius 2 is 2.29 bits per heavy atom. The first kappa shape index (κ1) is 11.7. The lowest BCUT2D eigenvalue weighted by atomic mass is 9.98. The number of nitrogens with one attached hydrogen (secondary N) is 1. The zero-order valence-corrected chi connectivity index (χ0v) is 9.79. The summed E-state index contributed by atoms with van der Waals surface area (Å²) in [7, 11) is 0. The third kappa shape index (κ3) is 3.10. The minimum atomic E-state index is 0.634. The molecule has 1 N–H and O–H groups in total. The number of hydrogen-bond donors (Lipinski definition) is 1. The second-order valence-corrected chi connectivity index (χ2v) is 4.69. The largest absolute Gasteiger partial charge is 0.311 e. The molecule has 2 nitrogen and oxygen atoms in total. The normalized spacial score (nSPS) is 29.4. The molecular weight excluding hydrogens is 172 g/mol. The first-order valence-corrected chi connectivity index (χ1v) is 5.73. The minimum absolute atomic E-state index is 0.634. The van der Waals surface area contributed by atoms with Gasteiger partial charge in [-0.15, -0.1) is 6.58 Å². The van der Waals surface area contributed by atoms with Crippen LogP contribution in [0.3, 0.4) is 0 Å². The van der Waals surface area contributed by atoms with Crippen molar-refractivity contribution in [3.63, 3.8) is 0 Å². The van der Waals surface area contributed by atoms with E-state index in [1.807, 2.05) is 6.08 Å². The summed E-state index contributed by atoms with van der Waals surface area (Å²) in [4.78, 5) is 2.60. The van der Waals surface area contributed by atoms with E-state index in [-0.39, 0.29) is 0 Å². The molecule has 2 heteroatoms. The van der Waals surface area contributed by atoms with E-state index in [0.717, 1.165) is 18.9 Å². The molecule has 1 aliphatic heterocycles. The van der Waals surface area contributed by atoms with Crippen molar-refractivity contribution in [2.24, 2.45) is 5.92 Å². The summed E-state index contributed by atoms with van der Waals surface area (Å²) in [6.07, 6.45) is 3.13. The second-order valence-electron chi connectivity index (χ2n) is 4.69. The molecule has 0 spiro atoms. The van der Waals surface area contributed by atoms with Crippen LogP contribution in [0.15, 0.2) is 12.7 Å². The second kappa shape index (κ2) is 5.52. The molecule has 0 radical (unpaired) electrons. The van der Waals surface area contributed by atoms with Crippen molar-refractivity contribution >= 4 is 0 Å². The Morgan fingerprint density at radius 1 is 1.57 bits per heavy atom. The van der Waals surface area contributed by atoms with Crippen LogP contribution in [0, 0.1) is 5.92 Å². The van der Waals surface area contributed by atoms with Crippen LogP contribution in [0.1, 0.15) is 27.2 Å². The van der Waals surface area contributed by atoms with Crippen molar-refractivity contribution in [3.05, 3.63) is 12.7 Å². The fraction of sp³-hybridized carbons (Fsp3) is 0.833. The molecule has 0 aromatic heterocycles. The zero-order chi connectivity index (χ0) is 10.6. The average molecular weight is 196 g/mol. The van der Waals surface area contributed by atoms with E-state index in [1.54, 1.807) is 0 Å². The monoisotopic (exact) mass is 196 g/mol. The lowest BCUT2D eigenvalue weighted by Gasteiger charge is -2.41. The van der Waals surface area contributed by atoms with Gasteiger partial charge < -0.3 is 5.32 Å². The van der Waals surface area contributed by atoms with Crippen molar-refractivity contribution < 1.29 is 0 Å². The lowest BCUT2D eigenvalue weighted by Crippen LogP contribution is -2.57. The Hall–Kier alpha value is -0.340. The number of piperazine rings is 1. The first-order valence-electron chi connectivity index (χ1n) is 5.73. The highest BCUT2D eigenvalue weighted by molar-refractivity contribution is 4.86. The van der Waals surface area contributed by atoms with Crippen LogP contribution in [0.5, 0.6) is 0 Å². The number of hydrogen-bond acceptors (Lipinski definition) is 2. The summed E-state index contributed by atoms with van der Waals surface area (Å²) in [6, 6.07) is 1.33. The Balaban J connectivity index is 2.49. The van der Waals surface area contributed by atoms with E-state index in [4.69, 9.17) is 0 Å². The molecule has 1 fully saturated rings. The van der Waals surface area contributed by atoms with Gasteiger partial charge in [-0.05, 0) is 19.3 Å². The van der Waals surface area contributed by atoms with Gasteiger partial charge in [0.1, 0.15) is 0 Å². The Labute approximate surface area is 88.4 Å². The molecule has 0 aromatic rings. The Bertz CT molecular complexity index is 177. The molecule has 0 amide bonds. The maximum Gasteiger partial charge on any atom is 0.0244 e. The third-order valence-electron chi connectivity index (χ3n) is 3.04. The predicted molar refractivity (Wildman–Crippen MR) is 62.5 cm³/mol. The van der Waals surface area contributed by atoms with Gasteiger partial charge in [-0.2, -0.15) is 0 Å². The van der Waals surface area contributed by atoms with Crippen molar-refractivity contribution in [1.82, 2.24) is 10.2 Å². The summed E-state index contributed by atoms with van der Waals surface area (Å²) in [5, 5.41) is 3.55. The van der Waals surface area contributed by atoms with Crippen molar-refractivity contribution in [3.8, 4) is 0 Å². The van der Waals surface area contributed by atoms with Crippen LogP contribution in [0.25, 0.3) is 0 Å². The van der Waals surface area contributed by atoms with Crippen molar-refractivity contribution in [1.29, 1.82) is 0 Å². The predicted octanol–water partition coefficient (Wildman–Crippen LogP) is 1.88. The highest BCUT2D eigenvalue weighted by Crippen LogP contribution is 2.15. The fourth-order valence-corrected chi connectivity index (χ4v) is 2.17. The molecule has 1 aliphatic rings. The lowest BCUT2D eigenvalue weighted by molar-refractivity contribution is 0.105.